The third-order valence-corrected chi connectivity index (χ3v) is 3.98. The summed E-state index contributed by atoms with van der Waals surface area (Å²) in [4.78, 5) is 0. The Labute approximate surface area is 96.7 Å². The molecule has 1 aliphatic carbocycles. The molecule has 0 aromatic rings. The zero-order chi connectivity index (χ0) is 12.2. The van der Waals surface area contributed by atoms with Gasteiger partial charge in [-0.2, -0.15) is 0 Å². The van der Waals surface area contributed by atoms with Crippen LogP contribution in [0, 0.1) is 5.41 Å². The molecule has 2 nitrogen and oxygen atoms in total. The Morgan fingerprint density at radius 3 is 2.38 bits per heavy atom. The molecule has 1 fully saturated rings. The van der Waals surface area contributed by atoms with Crippen molar-refractivity contribution in [3.63, 3.8) is 0 Å². The Balaban J connectivity index is 2.53. The number of rotatable bonds is 7. The Bertz CT molecular complexity index is 207. The molecular formula is C12H23F2NO. The first-order valence-electron chi connectivity index (χ1n) is 6.23. The molecule has 1 saturated carbocycles. The standard InChI is InChI=1S/C12H23F2NO/c1-4-12(5-2)9(15-6-3)7-10(12)16-8-11(13)14/h9-11,15H,4-8H2,1-3H3. The van der Waals surface area contributed by atoms with Gasteiger partial charge < -0.3 is 10.1 Å². The molecule has 0 radical (unpaired) electrons. The van der Waals surface area contributed by atoms with E-state index in [1.54, 1.807) is 0 Å². The molecule has 0 aromatic carbocycles. The minimum Gasteiger partial charge on any atom is -0.372 e. The second-order valence-electron chi connectivity index (χ2n) is 4.50. The van der Waals surface area contributed by atoms with Crippen molar-refractivity contribution in [3.05, 3.63) is 0 Å². The lowest BCUT2D eigenvalue weighted by atomic mass is 9.58. The molecule has 16 heavy (non-hydrogen) atoms. The van der Waals surface area contributed by atoms with Gasteiger partial charge in [-0.15, -0.1) is 0 Å². The average Bonchev–Trinajstić information content (AvgIpc) is 2.24. The summed E-state index contributed by atoms with van der Waals surface area (Å²) in [6.07, 6.45) is 0.469. The molecule has 0 saturated heterocycles. The molecule has 96 valence electrons. The summed E-state index contributed by atoms with van der Waals surface area (Å²) < 4.78 is 29.6. The van der Waals surface area contributed by atoms with E-state index < -0.39 is 13.0 Å². The summed E-state index contributed by atoms with van der Waals surface area (Å²) in [5.74, 6) is 0. The number of alkyl halides is 2. The molecule has 0 bridgehead atoms. The van der Waals surface area contributed by atoms with Crippen LogP contribution < -0.4 is 5.32 Å². The highest BCUT2D eigenvalue weighted by Crippen LogP contribution is 2.48. The molecule has 0 heterocycles. The molecule has 2 atom stereocenters. The fourth-order valence-electron chi connectivity index (χ4n) is 2.90. The van der Waals surface area contributed by atoms with Crippen LogP contribution in [0.2, 0.25) is 0 Å². The van der Waals surface area contributed by atoms with Crippen molar-refractivity contribution in [1.29, 1.82) is 0 Å². The number of halogens is 2. The molecule has 1 aliphatic rings. The average molecular weight is 235 g/mol. The number of hydrogen-bond donors (Lipinski definition) is 1. The number of hydrogen-bond acceptors (Lipinski definition) is 2. The van der Waals surface area contributed by atoms with Crippen LogP contribution in [0.25, 0.3) is 0 Å². The van der Waals surface area contributed by atoms with Gasteiger partial charge in [0.1, 0.15) is 6.61 Å². The van der Waals surface area contributed by atoms with Gasteiger partial charge in [0.2, 0.25) is 0 Å². The van der Waals surface area contributed by atoms with E-state index in [1.807, 2.05) is 0 Å². The highest BCUT2D eigenvalue weighted by atomic mass is 19.3. The van der Waals surface area contributed by atoms with Gasteiger partial charge in [-0.3, -0.25) is 0 Å². The smallest absolute Gasteiger partial charge is 0.261 e. The molecule has 4 heteroatoms. The Morgan fingerprint density at radius 2 is 1.94 bits per heavy atom. The van der Waals surface area contributed by atoms with E-state index in [4.69, 9.17) is 4.74 Å². The quantitative estimate of drug-likeness (QED) is 0.732. The Morgan fingerprint density at radius 1 is 1.31 bits per heavy atom. The topological polar surface area (TPSA) is 21.3 Å². The van der Waals surface area contributed by atoms with E-state index in [-0.39, 0.29) is 11.5 Å². The first-order valence-corrected chi connectivity index (χ1v) is 6.23. The van der Waals surface area contributed by atoms with Crippen molar-refractivity contribution in [2.75, 3.05) is 13.2 Å². The number of nitrogens with one attached hydrogen (secondary N) is 1. The minimum absolute atomic E-state index is 0.000509. The third-order valence-electron chi connectivity index (χ3n) is 3.98. The molecule has 1 N–H and O–H groups in total. The summed E-state index contributed by atoms with van der Waals surface area (Å²) in [7, 11) is 0. The van der Waals surface area contributed by atoms with Crippen molar-refractivity contribution in [2.45, 2.75) is 58.6 Å². The summed E-state index contributed by atoms with van der Waals surface area (Å²) in [6, 6.07) is 0.426. The van der Waals surface area contributed by atoms with E-state index >= 15 is 0 Å². The first-order chi connectivity index (χ1) is 7.60. The minimum atomic E-state index is -2.36. The SMILES string of the molecule is CCNC1CC(OCC(F)F)C1(CC)CC. The van der Waals surface area contributed by atoms with Crippen LogP contribution in [0.1, 0.15) is 40.0 Å². The predicted octanol–water partition coefficient (Wildman–Crippen LogP) is 2.82. The van der Waals surface area contributed by atoms with Gasteiger partial charge in [-0.05, 0) is 25.8 Å². The van der Waals surface area contributed by atoms with Crippen LogP contribution >= 0.6 is 0 Å². The van der Waals surface area contributed by atoms with Crippen LogP contribution in [0.15, 0.2) is 0 Å². The van der Waals surface area contributed by atoms with E-state index in [0.29, 0.717) is 6.04 Å². The van der Waals surface area contributed by atoms with Crippen LogP contribution in [0.3, 0.4) is 0 Å². The Hall–Kier alpha value is -0.220. The summed E-state index contributed by atoms with van der Waals surface area (Å²) >= 11 is 0. The number of ether oxygens (including phenoxy) is 1. The highest BCUT2D eigenvalue weighted by Gasteiger charge is 2.53. The van der Waals surface area contributed by atoms with Crippen molar-refractivity contribution in [1.82, 2.24) is 5.32 Å². The first kappa shape index (κ1) is 13.8. The third kappa shape index (κ3) is 2.54. The normalized spacial score (nSPS) is 28.1. The summed E-state index contributed by atoms with van der Waals surface area (Å²) in [5, 5.41) is 3.42. The maximum atomic E-state index is 12.1. The van der Waals surface area contributed by atoms with E-state index in [9.17, 15) is 8.78 Å². The molecule has 1 rings (SSSR count). The lowest BCUT2D eigenvalue weighted by Crippen LogP contribution is -2.63. The lowest BCUT2D eigenvalue weighted by molar-refractivity contribution is -0.158. The zero-order valence-corrected chi connectivity index (χ0v) is 10.4. The maximum absolute atomic E-state index is 12.1. The second-order valence-corrected chi connectivity index (χ2v) is 4.50. The van der Waals surface area contributed by atoms with Gasteiger partial charge in [-0.25, -0.2) is 8.78 Å². The molecule has 2 unspecified atom stereocenters. The van der Waals surface area contributed by atoms with Crippen molar-refractivity contribution in [2.24, 2.45) is 5.41 Å². The van der Waals surface area contributed by atoms with E-state index in [2.05, 4.69) is 26.1 Å². The lowest BCUT2D eigenvalue weighted by Gasteiger charge is -2.55. The van der Waals surface area contributed by atoms with Crippen molar-refractivity contribution in [3.8, 4) is 0 Å². The van der Waals surface area contributed by atoms with Crippen LogP contribution in [0.5, 0.6) is 0 Å². The molecule has 0 amide bonds. The Kier molecular flexibility index (Phi) is 5.12. The molecule has 0 aliphatic heterocycles. The molecule has 0 aromatic heterocycles. The largest absolute Gasteiger partial charge is 0.372 e. The van der Waals surface area contributed by atoms with Gasteiger partial charge in [0, 0.05) is 11.5 Å². The van der Waals surface area contributed by atoms with E-state index in [0.717, 1.165) is 25.8 Å². The summed E-state index contributed by atoms with van der Waals surface area (Å²) in [6.45, 7) is 6.81. The predicted molar refractivity (Wildman–Crippen MR) is 60.8 cm³/mol. The molecular weight excluding hydrogens is 212 g/mol. The van der Waals surface area contributed by atoms with E-state index in [1.165, 1.54) is 0 Å². The highest BCUT2D eigenvalue weighted by molar-refractivity contribution is 5.06. The van der Waals surface area contributed by atoms with Crippen molar-refractivity contribution >= 4 is 0 Å². The fraction of sp³-hybridized carbons (Fsp3) is 1.00. The van der Waals surface area contributed by atoms with Gasteiger partial charge >= 0.3 is 0 Å². The summed E-state index contributed by atoms with van der Waals surface area (Å²) in [5.41, 5.74) is 0.0604. The van der Waals surface area contributed by atoms with Crippen molar-refractivity contribution < 1.29 is 13.5 Å². The van der Waals surface area contributed by atoms with Gasteiger partial charge in [0.25, 0.3) is 6.43 Å². The van der Waals surface area contributed by atoms with Gasteiger partial charge in [0.15, 0.2) is 0 Å². The van der Waals surface area contributed by atoms with Crippen LogP contribution in [-0.2, 0) is 4.74 Å². The van der Waals surface area contributed by atoms with Crippen LogP contribution in [-0.4, -0.2) is 31.7 Å². The molecule has 0 spiro atoms. The van der Waals surface area contributed by atoms with Gasteiger partial charge in [-0.1, -0.05) is 20.8 Å². The van der Waals surface area contributed by atoms with Crippen LogP contribution in [0.4, 0.5) is 8.78 Å². The fourth-order valence-corrected chi connectivity index (χ4v) is 2.90. The zero-order valence-electron chi connectivity index (χ0n) is 10.4. The van der Waals surface area contributed by atoms with Gasteiger partial charge in [0.05, 0.1) is 6.10 Å². The monoisotopic (exact) mass is 235 g/mol. The maximum Gasteiger partial charge on any atom is 0.261 e. The second kappa shape index (κ2) is 5.92.